The average molecular weight is 303 g/mol. The van der Waals surface area contributed by atoms with E-state index in [9.17, 15) is 4.39 Å². The van der Waals surface area contributed by atoms with Gasteiger partial charge in [-0.1, -0.05) is 26.0 Å². The van der Waals surface area contributed by atoms with Crippen LogP contribution in [0.25, 0.3) is 0 Å². The Morgan fingerprint density at radius 1 is 1.18 bits per heavy atom. The summed E-state index contributed by atoms with van der Waals surface area (Å²) in [5.74, 6) is 2.31. The lowest BCUT2D eigenvalue weighted by molar-refractivity contribution is 0.324. The fraction of sp³-hybridized carbons (Fsp3) is 0.412. The van der Waals surface area contributed by atoms with Gasteiger partial charge >= 0.3 is 0 Å². The number of hydrogen-bond acceptors (Lipinski definition) is 4. The molecule has 1 aromatic heterocycles. The van der Waals surface area contributed by atoms with Crippen LogP contribution >= 0.6 is 0 Å². The van der Waals surface area contributed by atoms with Gasteiger partial charge in [-0.15, -0.1) is 0 Å². The van der Waals surface area contributed by atoms with Gasteiger partial charge in [0.25, 0.3) is 0 Å². The van der Waals surface area contributed by atoms with Crippen LogP contribution in [0.1, 0.15) is 32.2 Å². The lowest BCUT2D eigenvalue weighted by atomic mass is 10.1. The number of nitrogens with one attached hydrogen (secondary N) is 1. The summed E-state index contributed by atoms with van der Waals surface area (Å²) in [6, 6.07) is 8.19. The Morgan fingerprint density at radius 3 is 2.55 bits per heavy atom. The van der Waals surface area contributed by atoms with Gasteiger partial charge in [-0.2, -0.15) is 4.98 Å². The predicted octanol–water partition coefficient (Wildman–Crippen LogP) is 3.83. The van der Waals surface area contributed by atoms with Crippen molar-refractivity contribution in [3.63, 3.8) is 0 Å². The zero-order chi connectivity index (χ0) is 15.9. The van der Waals surface area contributed by atoms with E-state index in [-0.39, 0.29) is 5.82 Å². The van der Waals surface area contributed by atoms with Gasteiger partial charge in [-0.3, -0.25) is 0 Å². The van der Waals surface area contributed by atoms with Gasteiger partial charge in [0, 0.05) is 19.0 Å². The van der Waals surface area contributed by atoms with E-state index in [1.807, 2.05) is 6.92 Å². The predicted molar refractivity (Wildman–Crippen MR) is 85.5 cm³/mol. The molecule has 4 nitrogen and oxygen atoms in total. The molecule has 1 aromatic carbocycles. The maximum Gasteiger partial charge on any atom is 0.218 e. The molecule has 0 aliphatic rings. The minimum absolute atomic E-state index is 0.233. The molecule has 0 fully saturated rings. The fourth-order valence-corrected chi connectivity index (χ4v) is 2.04. The maximum atomic E-state index is 12.9. The highest BCUT2D eigenvalue weighted by Gasteiger charge is 2.07. The number of ether oxygens (including phenoxy) is 1. The van der Waals surface area contributed by atoms with Crippen LogP contribution in [-0.4, -0.2) is 16.6 Å². The Morgan fingerprint density at radius 2 is 1.91 bits per heavy atom. The van der Waals surface area contributed by atoms with Gasteiger partial charge in [0.1, 0.15) is 17.5 Å². The van der Waals surface area contributed by atoms with Gasteiger partial charge in [0.05, 0.1) is 6.61 Å². The summed E-state index contributed by atoms with van der Waals surface area (Å²) >= 11 is 0. The molecule has 0 unspecified atom stereocenters. The zero-order valence-corrected chi connectivity index (χ0v) is 13.3. The number of hydrogen-bond donors (Lipinski definition) is 1. The van der Waals surface area contributed by atoms with E-state index >= 15 is 0 Å². The molecular weight excluding hydrogens is 281 g/mol. The number of rotatable bonds is 7. The van der Waals surface area contributed by atoms with Crippen LogP contribution < -0.4 is 10.1 Å². The Kier molecular flexibility index (Phi) is 5.69. The summed E-state index contributed by atoms with van der Waals surface area (Å²) in [4.78, 5) is 8.92. The molecule has 0 amide bonds. The monoisotopic (exact) mass is 303 g/mol. The molecule has 22 heavy (non-hydrogen) atoms. The molecule has 0 saturated heterocycles. The van der Waals surface area contributed by atoms with Crippen molar-refractivity contribution in [3.05, 3.63) is 47.5 Å². The van der Waals surface area contributed by atoms with E-state index in [0.717, 1.165) is 23.6 Å². The van der Waals surface area contributed by atoms with Crippen molar-refractivity contribution in [2.24, 2.45) is 5.92 Å². The average Bonchev–Trinajstić information content (AvgIpc) is 2.46. The third kappa shape index (κ3) is 4.98. The van der Waals surface area contributed by atoms with Gasteiger partial charge in [-0.25, -0.2) is 9.37 Å². The molecule has 0 aliphatic carbocycles. The highest BCUT2D eigenvalue weighted by molar-refractivity contribution is 5.39. The van der Waals surface area contributed by atoms with Gasteiger partial charge in [0.2, 0.25) is 5.88 Å². The molecule has 0 spiro atoms. The quantitative estimate of drug-likeness (QED) is 0.844. The molecule has 0 bridgehead atoms. The van der Waals surface area contributed by atoms with Crippen molar-refractivity contribution in [1.82, 2.24) is 9.97 Å². The van der Waals surface area contributed by atoms with Crippen molar-refractivity contribution in [1.29, 1.82) is 0 Å². The van der Waals surface area contributed by atoms with Crippen molar-refractivity contribution in [2.75, 3.05) is 11.9 Å². The molecule has 5 heteroatoms. The molecule has 0 saturated carbocycles. The number of halogens is 1. The molecule has 0 aliphatic heterocycles. The Balaban J connectivity index is 2.10. The molecule has 2 rings (SSSR count). The van der Waals surface area contributed by atoms with Crippen LogP contribution in [0, 0.1) is 11.7 Å². The minimum atomic E-state index is -0.233. The third-order valence-corrected chi connectivity index (χ3v) is 3.02. The first-order chi connectivity index (χ1) is 10.6. The van der Waals surface area contributed by atoms with Crippen molar-refractivity contribution >= 4 is 5.82 Å². The summed E-state index contributed by atoms with van der Waals surface area (Å²) in [5, 5.41) is 3.24. The van der Waals surface area contributed by atoms with Crippen LogP contribution in [0.4, 0.5) is 10.2 Å². The maximum absolute atomic E-state index is 12.9. The van der Waals surface area contributed by atoms with Crippen molar-refractivity contribution < 1.29 is 9.13 Å². The highest BCUT2D eigenvalue weighted by atomic mass is 19.1. The van der Waals surface area contributed by atoms with Gasteiger partial charge in [-0.05, 0) is 30.5 Å². The molecule has 2 aromatic rings. The standard InChI is InChI=1S/C17H22FN3O/c1-4-22-17-10-15(20-16(21-17)9-12(2)3)19-11-13-5-7-14(18)8-6-13/h5-8,10,12H,4,9,11H2,1-3H3,(H,19,20,21). The zero-order valence-electron chi connectivity index (χ0n) is 13.3. The van der Waals surface area contributed by atoms with Crippen LogP contribution in [-0.2, 0) is 13.0 Å². The van der Waals surface area contributed by atoms with E-state index < -0.39 is 0 Å². The summed E-state index contributed by atoms with van der Waals surface area (Å²) in [5.41, 5.74) is 0.989. The summed E-state index contributed by atoms with van der Waals surface area (Å²) in [6.45, 7) is 7.32. The highest BCUT2D eigenvalue weighted by Crippen LogP contribution is 2.16. The molecular formula is C17H22FN3O. The first-order valence-electron chi connectivity index (χ1n) is 7.56. The second kappa shape index (κ2) is 7.73. The van der Waals surface area contributed by atoms with E-state index in [1.54, 1.807) is 18.2 Å². The van der Waals surface area contributed by atoms with Crippen LogP contribution in [0.3, 0.4) is 0 Å². The lowest BCUT2D eigenvalue weighted by Crippen LogP contribution is -2.08. The third-order valence-electron chi connectivity index (χ3n) is 3.02. The van der Waals surface area contributed by atoms with Crippen molar-refractivity contribution in [2.45, 2.75) is 33.7 Å². The number of nitrogens with zero attached hydrogens (tertiary/aromatic N) is 2. The summed E-state index contributed by atoms with van der Waals surface area (Å²) < 4.78 is 18.4. The van der Waals surface area contributed by atoms with Crippen LogP contribution in [0.5, 0.6) is 5.88 Å². The molecule has 0 atom stereocenters. The molecule has 0 radical (unpaired) electrons. The van der Waals surface area contributed by atoms with Crippen LogP contribution in [0.15, 0.2) is 30.3 Å². The van der Waals surface area contributed by atoms with Gasteiger partial charge < -0.3 is 10.1 Å². The molecule has 118 valence electrons. The molecule has 1 N–H and O–H groups in total. The smallest absolute Gasteiger partial charge is 0.218 e. The first kappa shape index (κ1) is 16.2. The number of aromatic nitrogens is 2. The Bertz CT molecular complexity index is 599. The van der Waals surface area contributed by atoms with E-state index in [2.05, 4.69) is 29.1 Å². The second-order valence-corrected chi connectivity index (χ2v) is 5.52. The normalized spacial score (nSPS) is 10.8. The van der Waals surface area contributed by atoms with Crippen LogP contribution in [0.2, 0.25) is 0 Å². The lowest BCUT2D eigenvalue weighted by Gasteiger charge is -2.11. The Labute approximate surface area is 130 Å². The number of anilines is 1. The number of benzene rings is 1. The van der Waals surface area contributed by atoms with E-state index in [4.69, 9.17) is 4.74 Å². The topological polar surface area (TPSA) is 47.0 Å². The van der Waals surface area contributed by atoms with E-state index in [1.165, 1.54) is 12.1 Å². The summed E-state index contributed by atoms with van der Waals surface area (Å²) in [6.07, 6.45) is 0.798. The SMILES string of the molecule is CCOc1cc(NCc2ccc(F)cc2)nc(CC(C)C)n1. The second-order valence-electron chi connectivity index (χ2n) is 5.52. The first-order valence-corrected chi connectivity index (χ1v) is 7.56. The van der Waals surface area contributed by atoms with Gasteiger partial charge in [0.15, 0.2) is 0 Å². The minimum Gasteiger partial charge on any atom is -0.478 e. The molecule has 1 heterocycles. The Hall–Kier alpha value is -2.17. The van der Waals surface area contributed by atoms with Crippen molar-refractivity contribution in [3.8, 4) is 5.88 Å². The summed E-state index contributed by atoms with van der Waals surface area (Å²) in [7, 11) is 0. The fourth-order valence-electron chi connectivity index (χ4n) is 2.04. The largest absolute Gasteiger partial charge is 0.478 e. The van der Waals surface area contributed by atoms with E-state index in [0.29, 0.717) is 24.9 Å².